The van der Waals surface area contributed by atoms with E-state index in [9.17, 15) is 0 Å². The standard InChI is InChI=1S/C7H10N2OS/c8-3-4-10-9-6-7-2-1-5-11-7/h1-2,5-6H,3-4,8H2. The summed E-state index contributed by atoms with van der Waals surface area (Å²) in [6.07, 6.45) is 1.68. The van der Waals surface area contributed by atoms with Crippen molar-refractivity contribution in [2.45, 2.75) is 0 Å². The smallest absolute Gasteiger partial charge is 0.129 e. The maximum atomic E-state index is 5.19. The molecule has 1 heterocycles. The Morgan fingerprint density at radius 1 is 1.73 bits per heavy atom. The molecule has 0 atom stereocenters. The van der Waals surface area contributed by atoms with E-state index in [1.54, 1.807) is 17.6 Å². The molecule has 0 aliphatic carbocycles. The Balaban J connectivity index is 2.25. The van der Waals surface area contributed by atoms with Crippen molar-refractivity contribution in [1.29, 1.82) is 0 Å². The lowest BCUT2D eigenvalue weighted by Crippen LogP contribution is -2.05. The third-order valence-electron chi connectivity index (χ3n) is 1.01. The molecule has 0 aromatic carbocycles. The average Bonchev–Trinajstić information content (AvgIpc) is 2.50. The molecule has 0 unspecified atom stereocenters. The zero-order valence-corrected chi connectivity index (χ0v) is 6.88. The van der Waals surface area contributed by atoms with Gasteiger partial charge in [-0.05, 0) is 11.4 Å². The highest BCUT2D eigenvalue weighted by Crippen LogP contribution is 2.04. The van der Waals surface area contributed by atoms with Gasteiger partial charge in [0.2, 0.25) is 0 Å². The van der Waals surface area contributed by atoms with E-state index in [1.165, 1.54) is 0 Å². The fraction of sp³-hybridized carbons (Fsp3) is 0.286. The number of oxime groups is 1. The van der Waals surface area contributed by atoms with Crippen molar-refractivity contribution in [2.75, 3.05) is 13.2 Å². The van der Waals surface area contributed by atoms with Crippen LogP contribution in [0.2, 0.25) is 0 Å². The summed E-state index contributed by atoms with van der Waals surface area (Å²) in [6, 6.07) is 3.94. The molecule has 0 saturated carbocycles. The van der Waals surface area contributed by atoms with Gasteiger partial charge >= 0.3 is 0 Å². The van der Waals surface area contributed by atoms with Crippen molar-refractivity contribution in [2.24, 2.45) is 10.9 Å². The number of thiophene rings is 1. The number of hydrogen-bond donors (Lipinski definition) is 1. The SMILES string of the molecule is NCCON=Cc1cccs1. The van der Waals surface area contributed by atoms with Crippen LogP contribution in [0.1, 0.15) is 4.88 Å². The van der Waals surface area contributed by atoms with Gasteiger partial charge in [-0.15, -0.1) is 11.3 Å². The van der Waals surface area contributed by atoms with Gasteiger partial charge in [0.15, 0.2) is 0 Å². The molecule has 60 valence electrons. The van der Waals surface area contributed by atoms with Crippen LogP contribution in [0.3, 0.4) is 0 Å². The maximum absolute atomic E-state index is 5.19. The van der Waals surface area contributed by atoms with Crippen LogP contribution in [0.25, 0.3) is 0 Å². The summed E-state index contributed by atoms with van der Waals surface area (Å²) in [4.78, 5) is 5.89. The van der Waals surface area contributed by atoms with E-state index in [-0.39, 0.29) is 0 Å². The highest BCUT2D eigenvalue weighted by molar-refractivity contribution is 7.11. The quantitative estimate of drug-likeness (QED) is 0.417. The van der Waals surface area contributed by atoms with Gasteiger partial charge in [0, 0.05) is 11.4 Å². The first kappa shape index (κ1) is 8.23. The Kier molecular flexibility index (Phi) is 3.64. The summed E-state index contributed by atoms with van der Waals surface area (Å²) < 4.78 is 0. The lowest BCUT2D eigenvalue weighted by atomic mass is 10.5. The Hall–Kier alpha value is -0.870. The Morgan fingerprint density at radius 2 is 2.64 bits per heavy atom. The monoisotopic (exact) mass is 170 g/mol. The molecule has 0 aliphatic heterocycles. The first-order valence-electron chi connectivity index (χ1n) is 3.32. The lowest BCUT2D eigenvalue weighted by molar-refractivity contribution is 0.154. The zero-order valence-electron chi connectivity index (χ0n) is 6.06. The summed E-state index contributed by atoms with van der Waals surface area (Å²) in [6.45, 7) is 0.976. The van der Waals surface area contributed by atoms with Gasteiger partial charge in [-0.2, -0.15) is 0 Å². The minimum absolute atomic E-state index is 0.474. The molecule has 0 bridgehead atoms. The van der Waals surface area contributed by atoms with Crippen LogP contribution in [0.5, 0.6) is 0 Å². The second kappa shape index (κ2) is 4.87. The summed E-state index contributed by atoms with van der Waals surface area (Å²) in [5.74, 6) is 0. The van der Waals surface area contributed by atoms with Gasteiger partial charge in [0.25, 0.3) is 0 Å². The summed E-state index contributed by atoms with van der Waals surface area (Å²) in [5, 5.41) is 5.70. The first-order chi connectivity index (χ1) is 5.43. The maximum Gasteiger partial charge on any atom is 0.129 e. The molecule has 0 fully saturated rings. The summed E-state index contributed by atoms with van der Waals surface area (Å²) >= 11 is 1.62. The van der Waals surface area contributed by atoms with Crippen LogP contribution >= 0.6 is 11.3 Å². The van der Waals surface area contributed by atoms with Crippen LogP contribution in [0.15, 0.2) is 22.7 Å². The van der Waals surface area contributed by atoms with Gasteiger partial charge in [0.05, 0.1) is 6.21 Å². The highest BCUT2D eigenvalue weighted by Gasteiger charge is 1.85. The van der Waals surface area contributed by atoms with Gasteiger partial charge in [0.1, 0.15) is 6.61 Å². The molecular formula is C7H10N2OS. The predicted octanol–water partition coefficient (Wildman–Crippen LogP) is 1.06. The topological polar surface area (TPSA) is 47.6 Å². The first-order valence-corrected chi connectivity index (χ1v) is 4.20. The van der Waals surface area contributed by atoms with Crippen LogP contribution in [0.4, 0.5) is 0 Å². The fourth-order valence-corrected chi connectivity index (χ4v) is 1.13. The molecule has 0 amide bonds. The van der Waals surface area contributed by atoms with E-state index in [4.69, 9.17) is 10.6 Å². The van der Waals surface area contributed by atoms with Crippen molar-refractivity contribution < 1.29 is 4.84 Å². The van der Waals surface area contributed by atoms with Gasteiger partial charge < -0.3 is 10.6 Å². The zero-order chi connectivity index (χ0) is 7.94. The van der Waals surface area contributed by atoms with Gasteiger partial charge in [-0.3, -0.25) is 0 Å². The molecule has 0 saturated heterocycles. The number of nitrogens with two attached hydrogens (primary N) is 1. The van der Waals surface area contributed by atoms with Crippen molar-refractivity contribution in [1.82, 2.24) is 0 Å². The van der Waals surface area contributed by atoms with Crippen molar-refractivity contribution in [3.05, 3.63) is 22.4 Å². The highest BCUT2D eigenvalue weighted by atomic mass is 32.1. The van der Waals surface area contributed by atoms with Crippen molar-refractivity contribution in [3.8, 4) is 0 Å². The molecule has 4 heteroatoms. The van der Waals surface area contributed by atoms with Crippen LogP contribution < -0.4 is 5.73 Å². The fourth-order valence-electron chi connectivity index (χ4n) is 0.559. The molecule has 1 rings (SSSR count). The molecular weight excluding hydrogens is 160 g/mol. The Bertz CT molecular complexity index is 208. The molecule has 3 nitrogen and oxygen atoms in total. The van der Waals surface area contributed by atoms with Crippen LogP contribution in [0, 0.1) is 0 Å². The van der Waals surface area contributed by atoms with E-state index < -0.39 is 0 Å². The number of nitrogens with zero attached hydrogens (tertiary/aromatic N) is 1. The van der Waals surface area contributed by atoms with E-state index in [0.717, 1.165) is 4.88 Å². The van der Waals surface area contributed by atoms with E-state index in [1.807, 2.05) is 17.5 Å². The predicted molar refractivity (Wildman–Crippen MR) is 46.9 cm³/mol. The minimum Gasteiger partial charge on any atom is -0.394 e. The van der Waals surface area contributed by atoms with Crippen LogP contribution in [-0.2, 0) is 4.84 Å². The lowest BCUT2D eigenvalue weighted by Gasteiger charge is -1.91. The second-order valence-electron chi connectivity index (χ2n) is 1.87. The largest absolute Gasteiger partial charge is 0.394 e. The molecule has 0 spiro atoms. The molecule has 1 aromatic heterocycles. The summed E-state index contributed by atoms with van der Waals surface area (Å²) in [5.41, 5.74) is 5.19. The molecule has 0 aliphatic rings. The third kappa shape index (κ3) is 3.15. The average molecular weight is 170 g/mol. The number of rotatable bonds is 4. The molecule has 1 aromatic rings. The Morgan fingerprint density at radius 3 is 3.27 bits per heavy atom. The summed E-state index contributed by atoms with van der Waals surface area (Å²) in [7, 11) is 0. The van der Waals surface area contributed by atoms with Crippen molar-refractivity contribution >= 4 is 17.6 Å². The van der Waals surface area contributed by atoms with E-state index >= 15 is 0 Å². The molecule has 0 radical (unpaired) electrons. The van der Waals surface area contributed by atoms with E-state index in [0.29, 0.717) is 13.2 Å². The van der Waals surface area contributed by atoms with Gasteiger partial charge in [-0.25, -0.2) is 0 Å². The van der Waals surface area contributed by atoms with Crippen LogP contribution in [-0.4, -0.2) is 19.4 Å². The number of hydrogen-bond acceptors (Lipinski definition) is 4. The third-order valence-corrected chi connectivity index (χ3v) is 1.81. The minimum atomic E-state index is 0.474. The molecule has 2 N–H and O–H groups in total. The second-order valence-corrected chi connectivity index (χ2v) is 2.85. The Labute approximate surface area is 69.5 Å². The van der Waals surface area contributed by atoms with Crippen molar-refractivity contribution in [3.63, 3.8) is 0 Å². The van der Waals surface area contributed by atoms with Gasteiger partial charge in [-0.1, -0.05) is 11.2 Å². The van der Waals surface area contributed by atoms with E-state index in [2.05, 4.69) is 5.16 Å². The normalized spacial score (nSPS) is 10.6. The molecule has 11 heavy (non-hydrogen) atoms.